The van der Waals surface area contributed by atoms with E-state index in [1.807, 2.05) is 53.4 Å². The summed E-state index contributed by atoms with van der Waals surface area (Å²) in [6.07, 6.45) is 7.55. The third-order valence-corrected chi connectivity index (χ3v) is 13.7. The molecule has 0 aromatic heterocycles. The number of benzene rings is 3. The fourth-order valence-corrected chi connectivity index (χ4v) is 10.2. The topological polar surface area (TPSA) is 115 Å². The van der Waals surface area contributed by atoms with Gasteiger partial charge in [-0.1, -0.05) is 29.5 Å². The molecule has 0 radical (unpaired) electrons. The second-order valence-electron chi connectivity index (χ2n) is 17.1. The molecule has 11 nitrogen and oxygen atoms in total. The fraction of sp³-hybridized carbons (Fsp3) is 0.435. The van der Waals surface area contributed by atoms with E-state index in [0.717, 1.165) is 118 Å². The van der Waals surface area contributed by atoms with Gasteiger partial charge in [0, 0.05) is 80.0 Å². The standard InChI is InChI=1S/C46H45ClN6O5/c1-48-39-13-12-35(24-38(39)47)52-21-18-46(28-52)16-19-51(20-17-46)43(56)32-10-8-30(9-11-32)3-2-29-4-6-31(7-5-29)25-50-26-33-22-36-37(23-34(33)27-50)45(58)53(44(36)57)40-14-15-41(54)49-42(40)55/h8-13,22-24,29,31,40H,4-7,14-21,25-28H2,(H,49,54,55). The summed E-state index contributed by atoms with van der Waals surface area (Å²) in [5.74, 6) is 5.93. The number of nitrogens with one attached hydrogen (secondary N) is 1. The van der Waals surface area contributed by atoms with E-state index in [2.05, 4.69) is 31.8 Å². The lowest BCUT2D eigenvalue weighted by molar-refractivity contribution is -0.136. The molecule has 58 heavy (non-hydrogen) atoms. The van der Waals surface area contributed by atoms with Crippen molar-refractivity contribution in [2.24, 2.45) is 17.3 Å². The molecule has 1 N–H and O–H groups in total. The van der Waals surface area contributed by atoms with E-state index in [1.165, 1.54) is 0 Å². The minimum absolute atomic E-state index is 0.0765. The number of piperidine rings is 2. The summed E-state index contributed by atoms with van der Waals surface area (Å²) in [6.45, 7) is 13.0. The van der Waals surface area contributed by atoms with Crippen molar-refractivity contribution in [1.82, 2.24) is 20.0 Å². The molecule has 6 aliphatic rings. The normalized spacial score (nSPS) is 24.0. The molecule has 3 saturated heterocycles. The molecule has 4 fully saturated rings. The first-order valence-corrected chi connectivity index (χ1v) is 20.9. The Morgan fingerprint density at radius 2 is 1.53 bits per heavy atom. The highest BCUT2D eigenvalue weighted by atomic mass is 35.5. The SMILES string of the molecule is [C-]#[N+]c1ccc(N2CCC3(CCN(C(=O)c4ccc(C#CC5CCC(CN6Cc7cc8c(cc7C6)C(=O)N(C6CCC(=O)NC6=O)C8=O)CC5)cc4)CC3)C2)cc1Cl. The maximum absolute atomic E-state index is 13.5. The number of hydrogen-bond acceptors (Lipinski definition) is 7. The first-order chi connectivity index (χ1) is 28.1. The molecule has 5 aliphatic heterocycles. The Kier molecular flexibility index (Phi) is 10.1. The number of halogens is 1. The summed E-state index contributed by atoms with van der Waals surface area (Å²) >= 11 is 6.32. The zero-order chi connectivity index (χ0) is 40.1. The smallest absolute Gasteiger partial charge is 0.262 e. The number of carbonyl (C=O) groups excluding carboxylic acids is 5. The van der Waals surface area contributed by atoms with Crippen molar-refractivity contribution in [3.63, 3.8) is 0 Å². The lowest BCUT2D eigenvalue weighted by Crippen LogP contribution is -2.54. The van der Waals surface area contributed by atoms with Crippen LogP contribution in [0.3, 0.4) is 0 Å². The summed E-state index contributed by atoms with van der Waals surface area (Å²) in [6, 6.07) is 16.1. The van der Waals surface area contributed by atoms with E-state index in [-0.39, 0.29) is 30.1 Å². The Balaban J connectivity index is 0.724. The van der Waals surface area contributed by atoms with E-state index >= 15 is 0 Å². The van der Waals surface area contributed by atoms with Crippen LogP contribution >= 0.6 is 11.6 Å². The average molecular weight is 797 g/mol. The van der Waals surface area contributed by atoms with E-state index in [9.17, 15) is 24.0 Å². The van der Waals surface area contributed by atoms with Gasteiger partial charge in [0.25, 0.3) is 17.7 Å². The number of carbonyl (C=O) groups is 5. The molecule has 296 valence electrons. The van der Waals surface area contributed by atoms with Gasteiger partial charge >= 0.3 is 0 Å². The van der Waals surface area contributed by atoms with Crippen molar-refractivity contribution in [2.45, 2.75) is 76.9 Å². The molecule has 5 heterocycles. The van der Waals surface area contributed by atoms with Crippen LogP contribution in [0.5, 0.6) is 0 Å². The molecule has 3 aromatic rings. The molecule has 12 heteroatoms. The Morgan fingerprint density at radius 3 is 2.17 bits per heavy atom. The zero-order valence-electron chi connectivity index (χ0n) is 32.4. The van der Waals surface area contributed by atoms with Crippen molar-refractivity contribution < 1.29 is 24.0 Å². The van der Waals surface area contributed by atoms with Crippen molar-refractivity contribution in [1.29, 1.82) is 0 Å². The highest BCUT2D eigenvalue weighted by molar-refractivity contribution is 6.33. The molecule has 9 rings (SSSR count). The van der Waals surface area contributed by atoms with Crippen molar-refractivity contribution >= 4 is 52.5 Å². The molecular weight excluding hydrogens is 752 g/mol. The predicted molar refractivity (Wildman–Crippen MR) is 218 cm³/mol. The maximum atomic E-state index is 13.5. The van der Waals surface area contributed by atoms with Crippen LogP contribution in [0.15, 0.2) is 54.6 Å². The van der Waals surface area contributed by atoms with Crippen LogP contribution in [0.1, 0.15) is 106 Å². The summed E-state index contributed by atoms with van der Waals surface area (Å²) < 4.78 is 0. The van der Waals surface area contributed by atoms with Gasteiger partial charge in [-0.2, -0.15) is 0 Å². The minimum atomic E-state index is -0.956. The average Bonchev–Trinajstić information content (AvgIpc) is 3.90. The third-order valence-electron chi connectivity index (χ3n) is 13.4. The minimum Gasteiger partial charge on any atom is -0.371 e. The van der Waals surface area contributed by atoms with Crippen LogP contribution in [-0.2, 0) is 22.7 Å². The largest absolute Gasteiger partial charge is 0.371 e. The number of rotatable bonds is 5. The van der Waals surface area contributed by atoms with Crippen LogP contribution < -0.4 is 10.2 Å². The first-order valence-electron chi connectivity index (χ1n) is 20.5. The zero-order valence-corrected chi connectivity index (χ0v) is 33.2. The molecule has 0 bridgehead atoms. The molecule has 1 atom stereocenters. The Labute approximate surface area is 343 Å². The number of imide groups is 2. The Bertz CT molecular complexity index is 2280. The van der Waals surface area contributed by atoms with Gasteiger partial charge in [-0.3, -0.25) is 39.1 Å². The third kappa shape index (κ3) is 7.27. The van der Waals surface area contributed by atoms with Gasteiger partial charge in [0.05, 0.1) is 17.7 Å². The lowest BCUT2D eigenvalue weighted by Gasteiger charge is -2.39. The lowest BCUT2D eigenvalue weighted by atomic mass is 9.77. The van der Waals surface area contributed by atoms with E-state index < -0.39 is 23.8 Å². The highest BCUT2D eigenvalue weighted by Crippen LogP contribution is 2.43. The van der Waals surface area contributed by atoms with Crippen molar-refractivity contribution in [2.75, 3.05) is 37.6 Å². The van der Waals surface area contributed by atoms with E-state index in [0.29, 0.717) is 39.2 Å². The number of fused-ring (bicyclic) bond motifs is 2. The number of likely N-dealkylation sites (tertiary alicyclic amines) is 1. The summed E-state index contributed by atoms with van der Waals surface area (Å²) in [7, 11) is 0. The quantitative estimate of drug-likeness (QED) is 0.176. The number of hydrogen-bond donors (Lipinski definition) is 1. The molecule has 1 spiro atoms. The van der Waals surface area contributed by atoms with Crippen LogP contribution in [-0.4, -0.2) is 83.0 Å². The summed E-state index contributed by atoms with van der Waals surface area (Å²) in [4.78, 5) is 75.4. The van der Waals surface area contributed by atoms with Crippen molar-refractivity contribution in [3.05, 3.63) is 104 Å². The van der Waals surface area contributed by atoms with Gasteiger partial charge in [-0.05, 0) is 122 Å². The molecule has 1 aliphatic carbocycles. The van der Waals surface area contributed by atoms with Gasteiger partial charge in [0.15, 0.2) is 0 Å². The number of anilines is 1. The van der Waals surface area contributed by atoms with Crippen LogP contribution in [0.4, 0.5) is 11.4 Å². The second kappa shape index (κ2) is 15.4. The highest BCUT2D eigenvalue weighted by Gasteiger charge is 2.46. The number of nitrogens with zero attached hydrogens (tertiary/aromatic N) is 5. The van der Waals surface area contributed by atoms with E-state index in [4.69, 9.17) is 18.2 Å². The van der Waals surface area contributed by atoms with Crippen LogP contribution in [0.25, 0.3) is 4.85 Å². The molecular formula is C46H45ClN6O5. The predicted octanol–water partition coefficient (Wildman–Crippen LogP) is 6.60. The molecule has 1 saturated carbocycles. The van der Waals surface area contributed by atoms with Gasteiger partial charge < -0.3 is 9.80 Å². The molecule has 5 amide bonds. The molecule has 3 aromatic carbocycles. The second-order valence-corrected chi connectivity index (χ2v) is 17.5. The van der Waals surface area contributed by atoms with Gasteiger partial charge in [-0.15, -0.1) is 0 Å². The summed E-state index contributed by atoms with van der Waals surface area (Å²) in [5.41, 5.74) is 6.13. The van der Waals surface area contributed by atoms with Crippen LogP contribution in [0.2, 0.25) is 5.02 Å². The monoisotopic (exact) mass is 796 g/mol. The Morgan fingerprint density at radius 1 is 0.862 bits per heavy atom. The molecule has 1 unspecified atom stereocenters. The van der Waals surface area contributed by atoms with E-state index in [1.54, 1.807) is 6.07 Å². The van der Waals surface area contributed by atoms with Gasteiger partial charge in [-0.25, -0.2) is 4.85 Å². The van der Waals surface area contributed by atoms with Gasteiger partial charge in [0.1, 0.15) is 6.04 Å². The van der Waals surface area contributed by atoms with Crippen molar-refractivity contribution in [3.8, 4) is 11.8 Å². The Hall–Kier alpha value is -5.49. The number of amides is 5. The first kappa shape index (κ1) is 38.1. The fourth-order valence-electron chi connectivity index (χ4n) is 10.0. The maximum Gasteiger partial charge on any atom is 0.262 e. The summed E-state index contributed by atoms with van der Waals surface area (Å²) in [5, 5.41) is 2.74. The van der Waals surface area contributed by atoms with Gasteiger partial charge in [0.2, 0.25) is 17.5 Å². The van der Waals surface area contributed by atoms with Crippen LogP contribution in [0, 0.1) is 35.7 Å².